The Balaban J connectivity index is 2.04. The average Bonchev–Trinajstić information content (AvgIpc) is 3.21. The molecule has 4 rings (SSSR count). The smallest absolute Gasteiger partial charge is 0.304 e. The topological polar surface area (TPSA) is 115 Å². The number of aryl methyl sites for hydroxylation is 1. The van der Waals surface area contributed by atoms with E-state index in [1.807, 2.05) is 4.57 Å². The van der Waals surface area contributed by atoms with Gasteiger partial charge in [0.05, 0.1) is 16.7 Å². The minimum Gasteiger partial charge on any atom is -0.481 e. The summed E-state index contributed by atoms with van der Waals surface area (Å²) in [6.45, 7) is 0.668. The van der Waals surface area contributed by atoms with Gasteiger partial charge in [-0.25, -0.2) is 18.4 Å². The second kappa shape index (κ2) is 6.68. The van der Waals surface area contributed by atoms with Crippen LogP contribution in [0.3, 0.4) is 0 Å². The third-order valence-electron chi connectivity index (χ3n) is 4.66. The van der Waals surface area contributed by atoms with Crippen molar-refractivity contribution in [1.82, 2.24) is 14.5 Å². The van der Waals surface area contributed by atoms with Gasteiger partial charge in [0.25, 0.3) is 0 Å². The highest BCUT2D eigenvalue weighted by Gasteiger charge is 2.32. The van der Waals surface area contributed by atoms with Crippen LogP contribution >= 0.6 is 11.8 Å². The van der Waals surface area contributed by atoms with E-state index in [0.29, 0.717) is 27.5 Å². The lowest BCUT2D eigenvalue weighted by molar-refractivity contribution is -0.137. The molecular formula is C17H17N3O5S2. The van der Waals surface area contributed by atoms with Crippen LogP contribution in [0.25, 0.3) is 11.0 Å². The van der Waals surface area contributed by atoms with Crippen LogP contribution in [0.15, 0.2) is 44.2 Å². The van der Waals surface area contributed by atoms with Crippen LogP contribution in [-0.2, 0) is 21.2 Å². The summed E-state index contributed by atoms with van der Waals surface area (Å²) in [4.78, 5) is 20.8. The summed E-state index contributed by atoms with van der Waals surface area (Å²) < 4.78 is 31.8. The van der Waals surface area contributed by atoms with E-state index in [2.05, 4.69) is 9.97 Å². The molecule has 0 amide bonds. The highest BCUT2D eigenvalue weighted by atomic mass is 32.2. The Morgan fingerprint density at radius 3 is 2.93 bits per heavy atom. The van der Waals surface area contributed by atoms with E-state index in [-0.39, 0.29) is 17.2 Å². The summed E-state index contributed by atoms with van der Waals surface area (Å²) in [7, 11) is -3.50. The van der Waals surface area contributed by atoms with Crippen molar-refractivity contribution in [3.05, 3.63) is 30.6 Å². The number of hydrogen-bond acceptors (Lipinski definition) is 7. The molecule has 0 spiro atoms. The van der Waals surface area contributed by atoms with Crippen LogP contribution in [-0.4, -0.2) is 40.3 Å². The zero-order chi connectivity index (χ0) is 19.2. The van der Waals surface area contributed by atoms with Gasteiger partial charge in [0.2, 0.25) is 0 Å². The number of aromatic nitrogens is 3. The Bertz CT molecular complexity index is 1120. The minimum absolute atomic E-state index is 0.0170. The molecule has 0 aromatic carbocycles. The van der Waals surface area contributed by atoms with Gasteiger partial charge in [0, 0.05) is 35.5 Å². The molecule has 0 radical (unpaired) electrons. The van der Waals surface area contributed by atoms with Gasteiger partial charge in [-0.05, 0) is 18.9 Å². The lowest BCUT2D eigenvalue weighted by Gasteiger charge is -2.25. The fourth-order valence-electron chi connectivity index (χ4n) is 3.66. The number of fused-ring (bicyclic) bond motifs is 3. The van der Waals surface area contributed by atoms with E-state index in [4.69, 9.17) is 4.42 Å². The number of sulfone groups is 1. The van der Waals surface area contributed by atoms with E-state index in [1.165, 1.54) is 36.7 Å². The van der Waals surface area contributed by atoms with Gasteiger partial charge in [0.15, 0.2) is 16.2 Å². The number of oxazole rings is 1. The predicted molar refractivity (Wildman–Crippen MR) is 97.7 cm³/mol. The minimum atomic E-state index is -3.50. The van der Waals surface area contributed by atoms with Crippen molar-refractivity contribution in [2.24, 2.45) is 0 Å². The molecule has 1 atom stereocenters. The Hall–Kier alpha value is -2.33. The van der Waals surface area contributed by atoms with Gasteiger partial charge in [-0.2, -0.15) is 0 Å². The van der Waals surface area contributed by atoms with Gasteiger partial charge in [-0.3, -0.25) is 4.79 Å². The Morgan fingerprint density at radius 2 is 2.26 bits per heavy atom. The van der Waals surface area contributed by atoms with Crippen molar-refractivity contribution in [2.45, 2.75) is 46.5 Å². The number of hydrogen-bond donors (Lipinski definition) is 1. The molecule has 1 aliphatic rings. The first kappa shape index (κ1) is 18.1. The standard InChI is InChI=1S/C17H17N3O5S2/c1-27(23,24)11-4-5-18-17-14(11)16(26-12-8-25-9-19-12)15-10(7-13(21)22)3-2-6-20(15)17/h4-5,8-10H,2-3,6-7H2,1H3,(H,21,22). The summed E-state index contributed by atoms with van der Waals surface area (Å²) in [5.41, 5.74) is 1.38. The van der Waals surface area contributed by atoms with Gasteiger partial charge >= 0.3 is 5.97 Å². The number of carbonyl (C=O) groups is 1. The predicted octanol–water partition coefficient (Wildman–Crippen LogP) is 2.93. The Labute approximate surface area is 159 Å². The molecule has 27 heavy (non-hydrogen) atoms. The lowest BCUT2D eigenvalue weighted by atomic mass is 9.93. The van der Waals surface area contributed by atoms with Crippen molar-refractivity contribution in [2.75, 3.05) is 6.26 Å². The number of pyridine rings is 1. The van der Waals surface area contributed by atoms with Gasteiger partial charge < -0.3 is 14.1 Å². The molecule has 0 saturated heterocycles. The summed E-state index contributed by atoms with van der Waals surface area (Å²) in [6, 6.07) is 1.49. The van der Waals surface area contributed by atoms with Gasteiger partial charge in [-0.15, -0.1) is 0 Å². The number of nitrogens with zero attached hydrogens (tertiary/aromatic N) is 3. The average molecular weight is 407 g/mol. The number of aliphatic carboxylic acids is 1. The molecule has 3 aromatic rings. The van der Waals surface area contributed by atoms with Crippen LogP contribution in [0.5, 0.6) is 0 Å². The third kappa shape index (κ3) is 3.23. The first-order valence-corrected chi connectivity index (χ1v) is 11.1. The molecule has 142 valence electrons. The van der Waals surface area contributed by atoms with Crippen molar-refractivity contribution in [3.8, 4) is 0 Å². The third-order valence-corrected chi connectivity index (χ3v) is 6.82. The van der Waals surface area contributed by atoms with Gasteiger partial charge in [-0.1, -0.05) is 11.8 Å². The molecule has 0 bridgehead atoms. The largest absolute Gasteiger partial charge is 0.481 e. The summed E-state index contributed by atoms with van der Waals surface area (Å²) in [5, 5.41) is 10.4. The number of carboxylic acids is 1. The van der Waals surface area contributed by atoms with Gasteiger partial charge in [0.1, 0.15) is 16.9 Å². The maximum Gasteiger partial charge on any atom is 0.304 e. The van der Waals surface area contributed by atoms with Crippen molar-refractivity contribution in [3.63, 3.8) is 0 Å². The lowest BCUT2D eigenvalue weighted by Crippen LogP contribution is -2.18. The fraction of sp³-hybridized carbons (Fsp3) is 0.353. The molecule has 0 saturated carbocycles. The van der Waals surface area contributed by atoms with E-state index in [1.54, 1.807) is 0 Å². The van der Waals surface area contributed by atoms with Crippen LogP contribution in [0.4, 0.5) is 0 Å². The Morgan fingerprint density at radius 1 is 1.44 bits per heavy atom. The summed E-state index contributed by atoms with van der Waals surface area (Å²) in [5.74, 6) is -1.10. The highest BCUT2D eigenvalue weighted by Crippen LogP contribution is 2.46. The molecule has 4 heterocycles. The van der Waals surface area contributed by atoms with E-state index in [0.717, 1.165) is 24.8 Å². The molecule has 1 N–H and O–H groups in total. The van der Waals surface area contributed by atoms with Crippen molar-refractivity contribution in [1.29, 1.82) is 0 Å². The quantitative estimate of drug-likeness (QED) is 0.686. The maximum absolute atomic E-state index is 12.4. The second-order valence-corrected chi connectivity index (χ2v) is 9.53. The van der Waals surface area contributed by atoms with Crippen molar-refractivity contribution >= 4 is 38.6 Å². The molecular weight excluding hydrogens is 390 g/mol. The summed E-state index contributed by atoms with van der Waals surface area (Å²) >= 11 is 1.28. The first-order valence-electron chi connectivity index (χ1n) is 8.35. The monoisotopic (exact) mass is 407 g/mol. The second-order valence-electron chi connectivity index (χ2n) is 6.51. The van der Waals surface area contributed by atoms with Crippen molar-refractivity contribution < 1.29 is 22.7 Å². The normalized spacial score (nSPS) is 17.1. The van der Waals surface area contributed by atoms with E-state index >= 15 is 0 Å². The van der Waals surface area contributed by atoms with E-state index in [9.17, 15) is 18.3 Å². The highest BCUT2D eigenvalue weighted by molar-refractivity contribution is 7.99. The molecule has 1 unspecified atom stereocenters. The van der Waals surface area contributed by atoms with Crippen LogP contribution in [0, 0.1) is 0 Å². The zero-order valence-corrected chi connectivity index (χ0v) is 16.1. The number of rotatable bonds is 5. The number of carboxylic acid groups (broad SMARTS) is 1. The Kier molecular flexibility index (Phi) is 4.47. The molecule has 10 heteroatoms. The SMILES string of the molecule is CS(=O)(=O)c1ccnc2c1c(Sc1cocn1)c1n2CCCC1CC(=O)O. The molecule has 0 fully saturated rings. The van der Waals surface area contributed by atoms with E-state index < -0.39 is 15.8 Å². The molecule has 0 aliphatic carbocycles. The zero-order valence-electron chi connectivity index (χ0n) is 14.5. The molecule has 3 aromatic heterocycles. The molecule has 8 nitrogen and oxygen atoms in total. The van der Waals surface area contributed by atoms with Crippen LogP contribution < -0.4 is 0 Å². The first-order chi connectivity index (χ1) is 12.9. The summed E-state index contributed by atoms with van der Waals surface area (Å²) in [6.07, 6.45) is 6.95. The maximum atomic E-state index is 12.4. The fourth-order valence-corrected chi connectivity index (χ4v) is 5.69. The van der Waals surface area contributed by atoms with Crippen LogP contribution in [0.2, 0.25) is 0 Å². The molecule has 1 aliphatic heterocycles. The van der Waals surface area contributed by atoms with Crippen LogP contribution in [0.1, 0.15) is 30.9 Å².